The fraction of sp³-hybridized carbons (Fsp3) is 0.118. The quantitative estimate of drug-likeness (QED) is 0.522. The van der Waals surface area contributed by atoms with Gasteiger partial charge in [-0.05, 0) is 42.0 Å². The molecule has 0 fully saturated rings. The van der Waals surface area contributed by atoms with Crippen LogP contribution in [0.1, 0.15) is 27.0 Å². The molecule has 30 heavy (non-hydrogen) atoms. The van der Waals surface area contributed by atoms with Crippen molar-refractivity contribution in [2.45, 2.75) is 12.4 Å². The van der Waals surface area contributed by atoms with E-state index in [-0.39, 0.29) is 11.6 Å². The Morgan fingerprint density at radius 3 is 1.87 bits per heavy atom. The standard InChI is InChI=1S/C9H7F3O3S.C8H5F4NO/c10-9(11,12)8-3-1-7(2-4-8)5-6-16(13,14)15;9-4-1-2-5(7(13)14)6(3-4)8(10,11)12/h1-6H,(H,13,14,15);1-3H,(H2,13,14). The van der Waals surface area contributed by atoms with Crippen molar-refractivity contribution in [2.24, 2.45) is 5.73 Å². The summed E-state index contributed by atoms with van der Waals surface area (Å²) in [5.74, 6) is -2.31. The van der Waals surface area contributed by atoms with Crippen molar-refractivity contribution in [1.29, 1.82) is 0 Å². The van der Waals surface area contributed by atoms with Crippen LogP contribution < -0.4 is 5.73 Å². The first-order chi connectivity index (χ1) is 13.5. The minimum absolute atomic E-state index is 0.236. The van der Waals surface area contributed by atoms with Crippen LogP contribution in [0.2, 0.25) is 0 Å². The van der Waals surface area contributed by atoms with Crippen molar-refractivity contribution in [1.82, 2.24) is 0 Å². The van der Waals surface area contributed by atoms with Gasteiger partial charge in [-0.25, -0.2) is 4.39 Å². The van der Waals surface area contributed by atoms with E-state index in [1.54, 1.807) is 0 Å². The predicted octanol–water partition coefficient (Wildman–Crippen LogP) is 4.51. The van der Waals surface area contributed by atoms with Gasteiger partial charge in [0, 0.05) is 0 Å². The number of carbonyl (C=O) groups is 1. The molecule has 0 heterocycles. The molecule has 3 N–H and O–H groups in total. The number of nitrogens with two attached hydrogens (primary N) is 1. The number of hydrogen-bond donors (Lipinski definition) is 2. The van der Waals surface area contributed by atoms with Crippen LogP contribution in [0.3, 0.4) is 0 Å². The lowest BCUT2D eigenvalue weighted by molar-refractivity contribution is -0.138. The van der Waals surface area contributed by atoms with Gasteiger partial charge in [0.15, 0.2) is 0 Å². The Hall–Kier alpha value is -2.93. The Kier molecular flexibility index (Phi) is 7.75. The SMILES string of the molecule is NC(=O)c1ccc(F)cc1C(F)(F)F.O=S(=O)(O)C=Cc1ccc(C(F)(F)F)cc1. The molecule has 0 aliphatic carbocycles. The van der Waals surface area contributed by atoms with E-state index >= 15 is 0 Å². The Morgan fingerprint density at radius 2 is 1.47 bits per heavy atom. The van der Waals surface area contributed by atoms with Crippen molar-refractivity contribution in [3.05, 3.63) is 75.9 Å². The fourth-order valence-electron chi connectivity index (χ4n) is 1.91. The average Bonchev–Trinajstić information content (AvgIpc) is 2.58. The molecule has 0 aliphatic heterocycles. The lowest BCUT2D eigenvalue weighted by Gasteiger charge is -2.09. The topological polar surface area (TPSA) is 97.5 Å². The van der Waals surface area contributed by atoms with Gasteiger partial charge >= 0.3 is 12.4 Å². The summed E-state index contributed by atoms with van der Waals surface area (Å²) in [5, 5.41) is 0.496. The summed E-state index contributed by atoms with van der Waals surface area (Å²) in [5.41, 5.74) is 2.02. The van der Waals surface area contributed by atoms with Crippen LogP contribution in [0.15, 0.2) is 47.9 Å². The van der Waals surface area contributed by atoms with E-state index < -0.39 is 50.9 Å². The van der Waals surface area contributed by atoms with Crippen molar-refractivity contribution in [3.63, 3.8) is 0 Å². The average molecular weight is 459 g/mol. The van der Waals surface area contributed by atoms with Gasteiger partial charge in [0.05, 0.1) is 22.1 Å². The van der Waals surface area contributed by atoms with E-state index in [0.29, 0.717) is 11.5 Å². The summed E-state index contributed by atoms with van der Waals surface area (Å²) in [6.45, 7) is 0. The van der Waals surface area contributed by atoms with Crippen LogP contribution in [-0.4, -0.2) is 18.9 Å². The second-order valence-corrected chi connectivity index (χ2v) is 6.79. The van der Waals surface area contributed by atoms with E-state index in [9.17, 15) is 43.9 Å². The second-order valence-electron chi connectivity index (χ2n) is 5.49. The van der Waals surface area contributed by atoms with Crippen molar-refractivity contribution in [2.75, 3.05) is 0 Å². The second kappa shape index (κ2) is 9.26. The Morgan fingerprint density at radius 1 is 0.933 bits per heavy atom. The largest absolute Gasteiger partial charge is 0.417 e. The molecule has 2 aromatic carbocycles. The summed E-state index contributed by atoms with van der Waals surface area (Å²) in [6, 6.07) is 5.54. The number of amides is 1. The minimum Gasteiger partial charge on any atom is -0.366 e. The van der Waals surface area contributed by atoms with Crippen LogP contribution in [0, 0.1) is 5.82 Å². The van der Waals surface area contributed by atoms with Gasteiger partial charge in [-0.2, -0.15) is 34.8 Å². The molecule has 1 amide bonds. The van der Waals surface area contributed by atoms with Crippen molar-refractivity contribution in [3.8, 4) is 0 Å². The maximum atomic E-state index is 12.5. The Balaban J connectivity index is 0.000000303. The molecule has 0 saturated heterocycles. The molecule has 0 atom stereocenters. The maximum Gasteiger partial charge on any atom is 0.417 e. The van der Waals surface area contributed by atoms with E-state index in [2.05, 4.69) is 0 Å². The third-order valence-corrected chi connectivity index (χ3v) is 3.70. The number of alkyl halides is 6. The highest BCUT2D eigenvalue weighted by atomic mass is 32.2. The first-order valence-corrected chi connectivity index (χ1v) is 9.00. The van der Waals surface area contributed by atoms with Gasteiger partial charge in [0.25, 0.3) is 10.1 Å². The molecule has 0 unspecified atom stereocenters. The van der Waals surface area contributed by atoms with Gasteiger partial charge < -0.3 is 5.73 Å². The molecular formula is C17H12F7NO4S. The third kappa shape index (κ3) is 8.21. The van der Waals surface area contributed by atoms with Crippen LogP contribution in [0.5, 0.6) is 0 Å². The van der Waals surface area contributed by atoms with Crippen LogP contribution in [0.4, 0.5) is 30.7 Å². The van der Waals surface area contributed by atoms with Gasteiger partial charge in [-0.1, -0.05) is 12.1 Å². The molecule has 5 nitrogen and oxygen atoms in total. The molecule has 2 aromatic rings. The lowest BCUT2D eigenvalue weighted by Crippen LogP contribution is -2.18. The van der Waals surface area contributed by atoms with Crippen LogP contribution >= 0.6 is 0 Å². The first kappa shape index (κ1) is 25.1. The summed E-state index contributed by atoms with van der Waals surface area (Å²) < 4.78 is 115. The summed E-state index contributed by atoms with van der Waals surface area (Å²) >= 11 is 0. The molecule has 0 spiro atoms. The molecule has 2 rings (SSSR count). The number of benzene rings is 2. The highest BCUT2D eigenvalue weighted by Gasteiger charge is 2.35. The monoisotopic (exact) mass is 459 g/mol. The molecular weight excluding hydrogens is 447 g/mol. The number of primary amides is 1. The molecule has 0 bridgehead atoms. The molecule has 0 radical (unpaired) electrons. The highest BCUT2D eigenvalue weighted by Crippen LogP contribution is 2.32. The van der Waals surface area contributed by atoms with Crippen LogP contribution in [-0.2, 0) is 22.5 Å². The Labute approximate surface area is 165 Å². The molecule has 164 valence electrons. The lowest BCUT2D eigenvalue weighted by atomic mass is 10.1. The van der Waals surface area contributed by atoms with E-state index in [0.717, 1.165) is 36.4 Å². The maximum absolute atomic E-state index is 12.5. The normalized spacial score (nSPS) is 12.4. The van der Waals surface area contributed by atoms with Crippen LogP contribution in [0.25, 0.3) is 6.08 Å². The number of halogens is 7. The molecule has 0 saturated carbocycles. The zero-order chi connectivity index (χ0) is 23.3. The number of hydrogen-bond acceptors (Lipinski definition) is 3. The molecule has 0 aliphatic rings. The zero-order valence-electron chi connectivity index (χ0n) is 14.5. The van der Waals surface area contributed by atoms with Gasteiger partial charge in [-0.15, -0.1) is 0 Å². The third-order valence-electron chi connectivity index (χ3n) is 3.22. The minimum atomic E-state index is -4.79. The smallest absolute Gasteiger partial charge is 0.366 e. The summed E-state index contributed by atoms with van der Waals surface area (Å²) in [7, 11) is -4.26. The number of carbonyl (C=O) groups excluding carboxylic acids is 1. The number of rotatable bonds is 3. The predicted molar refractivity (Wildman–Crippen MR) is 91.9 cm³/mol. The fourth-order valence-corrected chi connectivity index (χ4v) is 2.24. The van der Waals surface area contributed by atoms with Gasteiger partial charge in [0.2, 0.25) is 5.91 Å². The molecule has 0 aromatic heterocycles. The Bertz CT molecular complexity index is 1030. The van der Waals surface area contributed by atoms with E-state index in [1.165, 1.54) is 0 Å². The first-order valence-electron chi connectivity index (χ1n) is 7.50. The van der Waals surface area contributed by atoms with Crippen molar-refractivity contribution >= 4 is 22.1 Å². The summed E-state index contributed by atoms with van der Waals surface area (Å²) in [4.78, 5) is 10.6. The zero-order valence-corrected chi connectivity index (χ0v) is 15.3. The summed E-state index contributed by atoms with van der Waals surface area (Å²) in [6.07, 6.45) is -8.22. The van der Waals surface area contributed by atoms with E-state index in [4.69, 9.17) is 10.3 Å². The highest BCUT2D eigenvalue weighted by molar-refractivity contribution is 7.88. The van der Waals surface area contributed by atoms with Gasteiger partial charge in [-0.3, -0.25) is 9.35 Å². The molecule has 13 heteroatoms. The van der Waals surface area contributed by atoms with E-state index in [1.807, 2.05) is 0 Å². The van der Waals surface area contributed by atoms with Gasteiger partial charge in [0.1, 0.15) is 5.82 Å². The van der Waals surface area contributed by atoms with Crippen molar-refractivity contribution < 1.29 is 48.5 Å².